The van der Waals surface area contributed by atoms with E-state index in [1.54, 1.807) is 0 Å². The highest BCUT2D eigenvalue weighted by atomic mass is 32.2. The number of hydrogen-bond acceptors (Lipinski definition) is 4. The second-order valence-electron chi connectivity index (χ2n) is 6.72. The fourth-order valence-electron chi connectivity index (χ4n) is 3.30. The summed E-state index contributed by atoms with van der Waals surface area (Å²) < 4.78 is 0. The first-order valence-corrected chi connectivity index (χ1v) is 9.29. The van der Waals surface area contributed by atoms with Gasteiger partial charge in [-0.1, -0.05) is 36.0 Å². The van der Waals surface area contributed by atoms with Crippen LogP contribution in [-0.4, -0.2) is 54.1 Å². The van der Waals surface area contributed by atoms with Crippen LogP contribution in [0.4, 0.5) is 5.69 Å². The van der Waals surface area contributed by atoms with Gasteiger partial charge in [0.2, 0.25) is 0 Å². The Morgan fingerprint density at radius 1 is 1.13 bits per heavy atom. The zero-order valence-corrected chi connectivity index (χ0v) is 15.4. The molecule has 2 aliphatic heterocycles. The number of likely N-dealkylation sites (N-methyl/N-ethyl adjacent to an activating group) is 1. The molecular weight excluding hydrogens is 302 g/mol. The number of nitrogens with zero attached hydrogens (tertiary/aromatic N) is 3. The van der Waals surface area contributed by atoms with E-state index in [9.17, 15) is 0 Å². The molecule has 0 amide bonds. The molecule has 0 aromatic heterocycles. The van der Waals surface area contributed by atoms with Gasteiger partial charge in [0.1, 0.15) is 0 Å². The SMILES string of the molecule is CC1=CC(C(C)N2CCN(C)CC2)C(=Nc2ccccc2C)S1. The van der Waals surface area contributed by atoms with Crippen molar-refractivity contribution in [1.82, 2.24) is 9.80 Å². The number of benzene rings is 1. The van der Waals surface area contributed by atoms with Crippen molar-refractivity contribution in [3.05, 3.63) is 40.8 Å². The van der Waals surface area contributed by atoms with E-state index < -0.39 is 0 Å². The molecular formula is C19H27N3S. The molecule has 124 valence electrons. The maximum absolute atomic E-state index is 5.01. The van der Waals surface area contributed by atoms with Crippen LogP contribution >= 0.6 is 11.8 Å². The molecule has 3 rings (SSSR count). The summed E-state index contributed by atoms with van der Waals surface area (Å²) in [6, 6.07) is 8.92. The molecule has 4 heteroatoms. The van der Waals surface area contributed by atoms with Crippen molar-refractivity contribution >= 4 is 22.5 Å². The predicted octanol–water partition coefficient (Wildman–Crippen LogP) is 3.93. The number of thioether (sulfide) groups is 1. The third-order valence-corrected chi connectivity index (χ3v) is 5.98. The molecule has 2 aliphatic rings. The minimum absolute atomic E-state index is 0.419. The molecule has 0 spiro atoms. The highest BCUT2D eigenvalue weighted by Crippen LogP contribution is 2.37. The third kappa shape index (κ3) is 3.87. The molecule has 0 bridgehead atoms. The molecule has 1 fully saturated rings. The number of piperazine rings is 1. The summed E-state index contributed by atoms with van der Waals surface area (Å²) in [5.74, 6) is 0.419. The number of rotatable bonds is 3. The zero-order valence-electron chi connectivity index (χ0n) is 14.6. The Balaban J connectivity index is 1.80. The topological polar surface area (TPSA) is 18.8 Å². The van der Waals surface area contributed by atoms with Crippen LogP contribution in [0.25, 0.3) is 0 Å². The molecule has 2 unspecified atom stereocenters. The summed E-state index contributed by atoms with van der Waals surface area (Å²) in [7, 11) is 2.21. The van der Waals surface area contributed by atoms with E-state index in [1.165, 1.54) is 15.5 Å². The van der Waals surface area contributed by atoms with Crippen molar-refractivity contribution in [2.45, 2.75) is 26.8 Å². The Kier molecular flexibility index (Phi) is 5.24. The summed E-state index contributed by atoms with van der Waals surface area (Å²) in [6.45, 7) is 11.3. The van der Waals surface area contributed by atoms with E-state index in [-0.39, 0.29) is 0 Å². The quantitative estimate of drug-likeness (QED) is 0.837. The van der Waals surface area contributed by atoms with Gasteiger partial charge in [0.25, 0.3) is 0 Å². The average Bonchev–Trinajstić information content (AvgIpc) is 2.90. The van der Waals surface area contributed by atoms with Gasteiger partial charge < -0.3 is 4.90 Å². The van der Waals surface area contributed by atoms with Crippen molar-refractivity contribution in [2.75, 3.05) is 33.2 Å². The van der Waals surface area contributed by atoms with Gasteiger partial charge in [0, 0.05) is 38.1 Å². The summed E-state index contributed by atoms with van der Waals surface area (Å²) in [4.78, 5) is 11.4. The van der Waals surface area contributed by atoms with Crippen LogP contribution in [-0.2, 0) is 0 Å². The average molecular weight is 330 g/mol. The molecule has 3 nitrogen and oxygen atoms in total. The predicted molar refractivity (Wildman–Crippen MR) is 102 cm³/mol. The van der Waals surface area contributed by atoms with Crippen LogP contribution in [0, 0.1) is 12.8 Å². The molecule has 0 radical (unpaired) electrons. The minimum Gasteiger partial charge on any atom is -0.304 e. The van der Waals surface area contributed by atoms with Gasteiger partial charge in [-0.05, 0) is 44.4 Å². The maximum atomic E-state index is 5.01. The van der Waals surface area contributed by atoms with E-state index in [4.69, 9.17) is 4.99 Å². The van der Waals surface area contributed by atoms with Crippen molar-refractivity contribution in [1.29, 1.82) is 0 Å². The molecule has 1 aromatic rings. The molecule has 2 atom stereocenters. The number of allylic oxidation sites excluding steroid dienone is 1. The van der Waals surface area contributed by atoms with Crippen molar-refractivity contribution < 1.29 is 0 Å². The molecule has 23 heavy (non-hydrogen) atoms. The monoisotopic (exact) mass is 329 g/mol. The number of para-hydroxylation sites is 1. The first kappa shape index (κ1) is 16.7. The van der Waals surface area contributed by atoms with E-state index in [0.717, 1.165) is 31.9 Å². The van der Waals surface area contributed by atoms with E-state index in [1.807, 2.05) is 11.8 Å². The van der Waals surface area contributed by atoms with Gasteiger partial charge in [0.15, 0.2) is 0 Å². The summed E-state index contributed by atoms with van der Waals surface area (Å²) in [5.41, 5.74) is 2.35. The Hall–Kier alpha value is -1.10. The lowest BCUT2D eigenvalue weighted by atomic mass is 9.99. The number of aryl methyl sites for hydroxylation is 1. The number of hydrogen-bond donors (Lipinski definition) is 0. The fraction of sp³-hybridized carbons (Fsp3) is 0.526. The highest BCUT2D eigenvalue weighted by Gasteiger charge is 2.32. The fourth-order valence-corrected chi connectivity index (χ4v) is 4.39. The van der Waals surface area contributed by atoms with Gasteiger partial charge in [0.05, 0.1) is 10.7 Å². The Labute approximate surface area is 144 Å². The van der Waals surface area contributed by atoms with Crippen LogP contribution in [0.15, 0.2) is 40.2 Å². The standard InChI is InChI=1S/C19H27N3S/c1-14-7-5-6-8-18(14)20-19-17(13-15(2)23-19)16(3)22-11-9-21(4)10-12-22/h5-8,13,16-17H,9-12H2,1-4H3. The Morgan fingerprint density at radius 3 is 2.52 bits per heavy atom. The smallest absolute Gasteiger partial charge is 0.0867 e. The van der Waals surface area contributed by atoms with Crippen molar-refractivity contribution in [3.8, 4) is 0 Å². The summed E-state index contributed by atoms with van der Waals surface area (Å²) >= 11 is 1.84. The Morgan fingerprint density at radius 2 is 1.83 bits per heavy atom. The third-order valence-electron chi connectivity index (χ3n) is 4.94. The highest BCUT2D eigenvalue weighted by molar-refractivity contribution is 8.17. The van der Waals surface area contributed by atoms with Gasteiger partial charge in [-0.25, -0.2) is 4.99 Å². The van der Waals surface area contributed by atoms with Crippen LogP contribution in [0.3, 0.4) is 0 Å². The maximum Gasteiger partial charge on any atom is 0.0867 e. The van der Waals surface area contributed by atoms with Crippen LogP contribution in [0.5, 0.6) is 0 Å². The second-order valence-corrected chi connectivity index (χ2v) is 7.99. The lowest BCUT2D eigenvalue weighted by Gasteiger charge is -2.38. The molecule has 0 N–H and O–H groups in total. The van der Waals surface area contributed by atoms with E-state index in [2.05, 4.69) is 68.0 Å². The molecule has 1 aromatic carbocycles. The van der Waals surface area contributed by atoms with Crippen LogP contribution in [0.2, 0.25) is 0 Å². The summed E-state index contributed by atoms with van der Waals surface area (Å²) in [6.07, 6.45) is 2.41. The van der Waals surface area contributed by atoms with Gasteiger partial charge in [-0.3, -0.25) is 4.90 Å². The van der Waals surface area contributed by atoms with Gasteiger partial charge in [-0.2, -0.15) is 0 Å². The Bertz CT molecular complexity index is 615. The first-order valence-electron chi connectivity index (χ1n) is 8.47. The van der Waals surface area contributed by atoms with Crippen LogP contribution in [0.1, 0.15) is 19.4 Å². The first-order chi connectivity index (χ1) is 11.0. The van der Waals surface area contributed by atoms with Crippen LogP contribution < -0.4 is 0 Å². The zero-order chi connectivity index (χ0) is 16.4. The van der Waals surface area contributed by atoms with E-state index >= 15 is 0 Å². The lowest BCUT2D eigenvalue weighted by molar-refractivity contribution is 0.111. The van der Waals surface area contributed by atoms with Crippen molar-refractivity contribution in [2.24, 2.45) is 10.9 Å². The van der Waals surface area contributed by atoms with Gasteiger partial charge in [-0.15, -0.1) is 0 Å². The van der Waals surface area contributed by atoms with E-state index in [0.29, 0.717) is 12.0 Å². The lowest BCUT2D eigenvalue weighted by Crippen LogP contribution is -2.50. The molecule has 0 saturated carbocycles. The summed E-state index contributed by atoms with van der Waals surface area (Å²) in [5, 5.41) is 1.25. The van der Waals surface area contributed by atoms with Gasteiger partial charge >= 0.3 is 0 Å². The molecule has 0 aliphatic carbocycles. The number of aliphatic imine (C=N–C) groups is 1. The molecule has 1 saturated heterocycles. The second kappa shape index (κ2) is 7.20. The largest absolute Gasteiger partial charge is 0.304 e. The van der Waals surface area contributed by atoms with Crippen molar-refractivity contribution in [3.63, 3.8) is 0 Å². The normalized spacial score (nSPS) is 26.5. The molecule has 2 heterocycles. The minimum atomic E-state index is 0.419.